The maximum Gasteiger partial charge on any atom is 0.248 e. The fourth-order valence-corrected chi connectivity index (χ4v) is 1.59. The monoisotopic (exact) mass is 261 g/mol. The van der Waals surface area contributed by atoms with Crippen molar-refractivity contribution in [3.8, 4) is 5.75 Å². The van der Waals surface area contributed by atoms with Gasteiger partial charge in [-0.3, -0.25) is 4.79 Å². The van der Waals surface area contributed by atoms with E-state index in [9.17, 15) is 4.79 Å². The van der Waals surface area contributed by atoms with Crippen molar-refractivity contribution in [3.05, 3.63) is 64.7 Å². The van der Waals surface area contributed by atoms with Crippen LogP contribution in [-0.4, -0.2) is 5.91 Å². The first kappa shape index (κ1) is 12.5. The largest absolute Gasteiger partial charge is 0.489 e. The normalized spacial score (nSPS) is 10.1. The second kappa shape index (κ2) is 5.56. The number of carbonyl (C=O) groups is 1. The highest BCUT2D eigenvalue weighted by Crippen LogP contribution is 2.17. The lowest BCUT2D eigenvalue weighted by molar-refractivity contribution is 0.1000. The summed E-state index contributed by atoms with van der Waals surface area (Å²) in [6, 6.07) is 14.2. The summed E-state index contributed by atoms with van der Waals surface area (Å²) in [7, 11) is 0. The smallest absolute Gasteiger partial charge is 0.248 e. The SMILES string of the molecule is NC(=O)c1ccc(COc2ccc(Cl)cc2)cc1. The van der Waals surface area contributed by atoms with E-state index in [1.165, 1.54) is 0 Å². The molecule has 92 valence electrons. The lowest BCUT2D eigenvalue weighted by Crippen LogP contribution is -2.10. The molecule has 0 aliphatic rings. The molecule has 0 aliphatic carbocycles. The van der Waals surface area contributed by atoms with E-state index in [0.29, 0.717) is 17.2 Å². The summed E-state index contributed by atoms with van der Waals surface area (Å²) in [5.41, 5.74) is 6.62. The van der Waals surface area contributed by atoms with Crippen LogP contribution in [0.3, 0.4) is 0 Å². The molecule has 0 aliphatic heterocycles. The van der Waals surface area contributed by atoms with Crippen LogP contribution >= 0.6 is 11.6 Å². The molecule has 0 unspecified atom stereocenters. The molecule has 3 nitrogen and oxygen atoms in total. The maximum absolute atomic E-state index is 10.9. The van der Waals surface area contributed by atoms with E-state index >= 15 is 0 Å². The van der Waals surface area contributed by atoms with Crippen molar-refractivity contribution in [1.29, 1.82) is 0 Å². The summed E-state index contributed by atoms with van der Waals surface area (Å²) in [4.78, 5) is 10.9. The van der Waals surface area contributed by atoms with E-state index in [4.69, 9.17) is 22.1 Å². The summed E-state index contributed by atoms with van der Waals surface area (Å²) in [5.74, 6) is 0.318. The molecule has 0 radical (unpaired) electrons. The Morgan fingerprint density at radius 1 is 1.06 bits per heavy atom. The Morgan fingerprint density at radius 2 is 1.67 bits per heavy atom. The first-order chi connectivity index (χ1) is 8.65. The van der Waals surface area contributed by atoms with Gasteiger partial charge in [-0.25, -0.2) is 0 Å². The molecule has 0 aromatic heterocycles. The van der Waals surface area contributed by atoms with Crippen molar-refractivity contribution in [2.45, 2.75) is 6.61 Å². The quantitative estimate of drug-likeness (QED) is 0.920. The number of ether oxygens (including phenoxy) is 1. The molecule has 0 saturated carbocycles. The van der Waals surface area contributed by atoms with Crippen LogP contribution in [0.2, 0.25) is 5.02 Å². The minimum atomic E-state index is -0.430. The summed E-state index contributed by atoms with van der Waals surface area (Å²) < 4.78 is 5.57. The topological polar surface area (TPSA) is 52.3 Å². The summed E-state index contributed by atoms with van der Waals surface area (Å²) in [6.07, 6.45) is 0. The highest BCUT2D eigenvalue weighted by Gasteiger charge is 2.00. The van der Waals surface area contributed by atoms with Gasteiger partial charge in [0.2, 0.25) is 5.91 Å². The van der Waals surface area contributed by atoms with Gasteiger partial charge in [-0.15, -0.1) is 0 Å². The van der Waals surface area contributed by atoms with Gasteiger partial charge in [0.15, 0.2) is 0 Å². The fourth-order valence-electron chi connectivity index (χ4n) is 1.46. The molecule has 0 saturated heterocycles. The second-order valence-electron chi connectivity index (χ2n) is 3.80. The van der Waals surface area contributed by atoms with Crippen LogP contribution in [0.1, 0.15) is 15.9 Å². The van der Waals surface area contributed by atoms with Gasteiger partial charge in [0, 0.05) is 10.6 Å². The fraction of sp³-hybridized carbons (Fsp3) is 0.0714. The number of carbonyl (C=O) groups excluding carboxylic acids is 1. The van der Waals surface area contributed by atoms with E-state index in [2.05, 4.69) is 0 Å². The van der Waals surface area contributed by atoms with Crippen LogP contribution in [0.25, 0.3) is 0 Å². The van der Waals surface area contributed by atoms with Crippen molar-refractivity contribution in [1.82, 2.24) is 0 Å². The van der Waals surface area contributed by atoms with Crippen molar-refractivity contribution in [3.63, 3.8) is 0 Å². The van der Waals surface area contributed by atoms with Crippen LogP contribution < -0.4 is 10.5 Å². The highest BCUT2D eigenvalue weighted by molar-refractivity contribution is 6.30. The molecule has 2 aromatic rings. The molecule has 1 amide bonds. The van der Waals surface area contributed by atoms with E-state index in [-0.39, 0.29) is 0 Å². The van der Waals surface area contributed by atoms with Gasteiger partial charge < -0.3 is 10.5 Å². The molecule has 2 rings (SSSR count). The molecular formula is C14H12ClNO2. The molecular weight excluding hydrogens is 250 g/mol. The number of primary amides is 1. The van der Waals surface area contributed by atoms with Crippen molar-refractivity contribution in [2.24, 2.45) is 5.73 Å². The predicted molar refractivity (Wildman–Crippen MR) is 70.7 cm³/mol. The minimum Gasteiger partial charge on any atom is -0.489 e. The van der Waals surface area contributed by atoms with Crippen LogP contribution in [0.15, 0.2) is 48.5 Å². The van der Waals surface area contributed by atoms with Gasteiger partial charge in [0.25, 0.3) is 0 Å². The molecule has 2 N–H and O–H groups in total. The predicted octanol–water partition coefficient (Wildman–Crippen LogP) is 3.02. The van der Waals surface area contributed by atoms with Crippen molar-refractivity contribution in [2.75, 3.05) is 0 Å². The Labute approximate surface area is 110 Å². The van der Waals surface area contributed by atoms with E-state index < -0.39 is 5.91 Å². The number of rotatable bonds is 4. The number of halogens is 1. The van der Waals surface area contributed by atoms with E-state index in [1.54, 1.807) is 36.4 Å². The van der Waals surface area contributed by atoms with Gasteiger partial charge in [-0.2, -0.15) is 0 Å². The first-order valence-corrected chi connectivity index (χ1v) is 5.80. The van der Waals surface area contributed by atoms with Crippen LogP contribution in [0.5, 0.6) is 5.75 Å². The van der Waals surface area contributed by atoms with E-state index in [0.717, 1.165) is 11.3 Å². The minimum absolute atomic E-state index is 0.430. The average molecular weight is 262 g/mol. The van der Waals surface area contributed by atoms with Crippen molar-refractivity contribution >= 4 is 17.5 Å². The maximum atomic E-state index is 10.9. The Bertz CT molecular complexity index is 535. The molecule has 2 aromatic carbocycles. The lowest BCUT2D eigenvalue weighted by atomic mass is 10.1. The van der Waals surface area contributed by atoms with E-state index in [1.807, 2.05) is 12.1 Å². The molecule has 18 heavy (non-hydrogen) atoms. The molecule has 0 heterocycles. The zero-order valence-electron chi connectivity index (χ0n) is 9.60. The molecule has 0 fully saturated rings. The highest BCUT2D eigenvalue weighted by atomic mass is 35.5. The summed E-state index contributed by atoms with van der Waals surface area (Å²) >= 11 is 5.78. The number of hydrogen-bond donors (Lipinski definition) is 1. The zero-order chi connectivity index (χ0) is 13.0. The zero-order valence-corrected chi connectivity index (χ0v) is 10.4. The van der Waals surface area contributed by atoms with Crippen molar-refractivity contribution < 1.29 is 9.53 Å². The number of hydrogen-bond acceptors (Lipinski definition) is 2. The molecule has 4 heteroatoms. The molecule has 0 spiro atoms. The number of amides is 1. The third kappa shape index (κ3) is 3.25. The third-order valence-electron chi connectivity index (χ3n) is 2.46. The van der Waals surface area contributed by atoms with Crippen LogP contribution in [0.4, 0.5) is 0 Å². The first-order valence-electron chi connectivity index (χ1n) is 5.42. The third-order valence-corrected chi connectivity index (χ3v) is 2.71. The van der Waals surface area contributed by atoms with Gasteiger partial charge in [0.05, 0.1) is 0 Å². The van der Waals surface area contributed by atoms with Crippen LogP contribution in [-0.2, 0) is 6.61 Å². The number of benzene rings is 2. The average Bonchev–Trinajstić information content (AvgIpc) is 2.38. The Balaban J connectivity index is 1.97. The Morgan fingerprint density at radius 3 is 2.22 bits per heavy atom. The summed E-state index contributed by atoms with van der Waals surface area (Å²) in [5, 5.41) is 0.674. The van der Waals surface area contributed by atoms with Gasteiger partial charge >= 0.3 is 0 Å². The van der Waals surface area contributed by atoms with Gasteiger partial charge in [0.1, 0.15) is 12.4 Å². The second-order valence-corrected chi connectivity index (χ2v) is 4.24. The number of nitrogens with two attached hydrogens (primary N) is 1. The molecule has 0 bridgehead atoms. The van der Waals surface area contributed by atoms with Gasteiger partial charge in [-0.05, 0) is 42.0 Å². The standard InChI is InChI=1S/C14H12ClNO2/c15-12-5-7-13(8-6-12)18-9-10-1-3-11(4-2-10)14(16)17/h1-8H,9H2,(H2,16,17). The molecule has 0 atom stereocenters. The summed E-state index contributed by atoms with van der Waals surface area (Å²) in [6.45, 7) is 0.431. The Kier molecular flexibility index (Phi) is 3.85. The van der Waals surface area contributed by atoms with Gasteiger partial charge in [-0.1, -0.05) is 23.7 Å². The lowest BCUT2D eigenvalue weighted by Gasteiger charge is -2.06. The van der Waals surface area contributed by atoms with Crippen LogP contribution in [0, 0.1) is 0 Å². The Hall–Kier alpha value is -2.00.